The van der Waals surface area contributed by atoms with E-state index in [2.05, 4.69) is 52.8 Å². The summed E-state index contributed by atoms with van der Waals surface area (Å²) in [6.45, 7) is 7.57. The van der Waals surface area contributed by atoms with Crippen LogP contribution in [0.2, 0.25) is 0 Å². The standard InChI is InChI=1S/C58H89N13O23/c1-27(62-49(84)33(18-29-16-14-13-15-17-29)70(11)55(90)42(80)41(79)37(94-12)22-61-50(85)38(65-51(86)39(77)28(2)74)40(78)34-21-59-26-69(34)10)46(81)67-44(57(6,7)91)53(88)64-32(25-73)48(83)68-45(58(8,9)92)54(89)66-43(56(3,4)5)52(87)63-31(24-72)47(82)60-20-30-19-35(75)36(76)23-71(30)93/h13-17,19,21,23,26-28,31-33,37-45,72-74,76-80,91-93H,18,20,22,24-25H2,1-12H3,(H,60,82)(H,61,85)(H,62,84)(H,63,87)(H,64,88)(H,65,86)(H,66,89)(H,67,81)(H,68,83)/t27-,28-,31-,32-,33-,37-,38+,39+,40+,41-,42-,43+,44+,45+/m0/s1. The number of aliphatic hydroxyl groups excluding tert-OH is 7. The molecule has 0 radical (unpaired) electrons. The first-order valence-corrected chi connectivity index (χ1v) is 29.2. The highest BCUT2D eigenvalue weighted by Crippen LogP contribution is 2.22. The van der Waals surface area contributed by atoms with Gasteiger partial charge in [0.15, 0.2) is 18.0 Å². The van der Waals surface area contributed by atoms with E-state index in [4.69, 9.17) is 4.74 Å². The predicted molar refractivity (Wildman–Crippen MR) is 325 cm³/mol. The molecular weight excluding hydrogens is 1250 g/mol. The number of aromatic hydroxyl groups is 1. The Morgan fingerprint density at radius 3 is 1.68 bits per heavy atom. The lowest BCUT2D eigenvalue weighted by Crippen LogP contribution is -2.66. The number of hydrogen-bond donors (Lipinski definition) is 20. The number of hydrogen-bond acceptors (Lipinski definition) is 24. The maximum absolute atomic E-state index is 14.2. The number of aryl methyl sites for hydroxylation is 1. The van der Waals surface area contributed by atoms with E-state index in [1.54, 1.807) is 30.3 Å². The van der Waals surface area contributed by atoms with Crippen molar-refractivity contribution < 1.29 is 109 Å². The van der Waals surface area contributed by atoms with Crippen LogP contribution in [0.1, 0.15) is 85.4 Å². The first-order valence-electron chi connectivity index (χ1n) is 29.2. The topological polar surface area (TPSA) is 554 Å². The third kappa shape index (κ3) is 22.2. The third-order valence-corrected chi connectivity index (χ3v) is 14.7. The van der Waals surface area contributed by atoms with Gasteiger partial charge in [-0.3, -0.25) is 52.7 Å². The molecule has 2 aromatic heterocycles. The molecule has 36 nitrogen and oxygen atoms in total. The van der Waals surface area contributed by atoms with Gasteiger partial charge in [0, 0.05) is 40.2 Å². The molecule has 94 heavy (non-hydrogen) atoms. The maximum Gasteiger partial charge on any atom is 0.254 e. The Bertz CT molecular complexity index is 3180. The van der Waals surface area contributed by atoms with Crippen LogP contribution >= 0.6 is 0 Å². The lowest BCUT2D eigenvalue weighted by atomic mass is 9.85. The molecular formula is C58H89N13O23. The summed E-state index contributed by atoms with van der Waals surface area (Å²) < 4.78 is 6.97. The number of carbonyl (C=O) groups is 10. The fourth-order valence-corrected chi connectivity index (χ4v) is 8.98. The van der Waals surface area contributed by atoms with E-state index in [-0.39, 0.29) is 17.8 Å². The van der Waals surface area contributed by atoms with Gasteiger partial charge in [-0.1, -0.05) is 51.1 Å². The fraction of sp³-hybridized carbons (Fsp3) is 0.586. The van der Waals surface area contributed by atoms with Crippen molar-refractivity contribution in [3.05, 3.63) is 82.3 Å². The van der Waals surface area contributed by atoms with Crippen LogP contribution in [-0.2, 0) is 72.7 Å². The number of rotatable bonds is 34. The van der Waals surface area contributed by atoms with Gasteiger partial charge in [0.05, 0.1) is 67.2 Å². The predicted octanol–water partition coefficient (Wildman–Crippen LogP) is -8.48. The summed E-state index contributed by atoms with van der Waals surface area (Å²) in [6.07, 6.45) is -8.79. The second-order valence-corrected chi connectivity index (χ2v) is 24.4. The van der Waals surface area contributed by atoms with Crippen LogP contribution in [0.3, 0.4) is 0 Å². The van der Waals surface area contributed by atoms with Crippen molar-refractivity contribution in [3.63, 3.8) is 0 Å². The van der Waals surface area contributed by atoms with Crippen molar-refractivity contribution in [2.75, 3.05) is 33.9 Å². The molecule has 0 saturated heterocycles. The van der Waals surface area contributed by atoms with Gasteiger partial charge in [0.1, 0.15) is 66.6 Å². The average Bonchev–Trinajstić information content (AvgIpc) is 1.02. The van der Waals surface area contributed by atoms with Gasteiger partial charge in [-0.2, -0.15) is 4.73 Å². The molecule has 2 heterocycles. The Morgan fingerprint density at radius 1 is 0.660 bits per heavy atom. The number of pyridine rings is 1. The zero-order chi connectivity index (χ0) is 71.7. The molecule has 0 bridgehead atoms. The lowest BCUT2D eigenvalue weighted by Gasteiger charge is -2.36. The van der Waals surface area contributed by atoms with E-state index in [0.29, 0.717) is 16.5 Å². The number of benzene rings is 1. The molecule has 0 fully saturated rings. The molecule has 1 aromatic carbocycles. The second-order valence-electron chi connectivity index (χ2n) is 24.4. The highest BCUT2D eigenvalue weighted by atomic mass is 16.5. The van der Waals surface area contributed by atoms with E-state index < -0.39 is 198 Å². The zero-order valence-electron chi connectivity index (χ0n) is 53.9. The van der Waals surface area contributed by atoms with Crippen LogP contribution < -0.4 is 53.3 Å². The Balaban J connectivity index is 1.79. The van der Waals surface area contributed by atoms with Crippen LogP contribution in [0, 0.1) is 5.41 Å². The van der Waals surface area contributed by atoms with Crippen molar-refractivity contribution in [2.24, 2.45) is 12.5 Å². The van der Waals surface area contributed by atoms with Crippen LogP contribution in [0.25, 0.3) is 0 Å². The van der Waals surface area contributed by atoms with E-state index in [0.717, 1.165) is 66.7 Å². The first kappa shape index (κ1) is 79.5. The Morgan fingerprint density at radius 2 is 1.18 bits per heavy atom. The van der Waals surface area contributed by atoms with Gasteiger partial charge in [0.2, 0.25) is 52.7 Å². The molecule has 3 aromatic rings. The molecule has 0 aliphatic rings. The van der Waals surface area contributed by atoms with E-state index >= 15 is 0 Å². The number of aromatic nitrogens is 3. The number of carbonyl (C=O) groups excluding carboxylic acids is 10. The minimum absolute atomic E-state index is 0.0226. The van der Waals surface area contributed by atoms with Crippen molar-refractivity contribution in [1.29, 1.82) is 0 Å². The normalized spacial score (nSPS) is 16.4. The Hall–Kier alpha value is -8.72. The molecule has 0 unspecified atom stereocenters. The molecule has 0 aliphatic heterocycles. The molecule has 20 N–H and O–H groups in total. The minimum Gasteiger partial charge on any atom is -0.503 e. The quantitative estimate of drug-likeness (QED) is 0.0247. The van der Waals surface area contributed by atoms with Gasteiger partial charge in [0.25, 0.3) is 11.8 Å². The molecule has 0 saturated carbocycles. The Kier molecular flexibility index (Phi) is 29.1. The van der Waals surface area contributed by atoms with E-state index in [1.165, 1.54) is 44.9 Å². The average molecular weight is 1340 g/mol. The van der Waals surface area contributed by atoms with Gasteiger partial charge in [-0.05, 0) is 52.5 Å². The summed E-state index contributed by atoms with van der Waals surface area (Å²) in [7, 11) is 3.59. The van der Waals surface area contributed by atoms with Crippen LogP contribution in [0.4, 0.5) is 0 Å². The lowest BCUT2D eigenvalue weighted by molar-refractivity contribution is -0.156. The minimum atomic E-state index is -2.40. The molecule has 3 rings (SSSR count). The smallest absolute Gasteiger partial charge is 0.254 e. The van der Waals surface area contributed by atoms with E-state index in [9.17, 15) is 109 Å². The fourth-order valence-electron chi connectivity index (χ4n) is 8.98. The highest BCUT2D eigenvalue weighted by Gasteiger charge is 2.44. The number of nitrogens with zero attached hydrogens (tertiary/aromatic N) is 4. The summed E-state index contributed by atoms with van der Waals surface area (Å²) >= 11 is 0. The monoisotopic (exact) mass is 1340 g/mol. The van der Waals surface area contributed by atoms with Crippen molar-refractivity contribution in [3.8, 4) is 5.75 Å². The number of amides is 10. The maximum atomic E-state index is 14.2. The molecule has 10 amide bonds. The van der Waals surface area contributed by atoms with Gasteiger partial charge < -0.3 is 118 Å². The van der Waals surface area contributed by atoms with Crippen LogP contribution in [0.5, 0.6) is 5.75 Å². The molecule has 36 heteroatoms. The number of ether oxygens (including phenoxy) is 1. The second kappa shape index (κ2) is 34.4. The van der Waals surface area contributed by atoms with Crippen LogP contribution in [-0.4, -0.2) is 258 Å². The molecule has 14 atom stereocenters. The van der Waals surface area contributed by atoms with Gasteiger partial charge >= 0.3 is 0 Å². The summed E-state index contributed by atoms with van der Waals surface area (Å²) in [5.41, 5.74) is -6.22. The summed E-state index contributed by atoms with van der Waals surface area (Å²) in [6, 6.07) is -5.54. The van der Waals surface area contributed by atoms with E-state index in [1.807, 2.05) is 0 Å². The van der Waals surface area contributed by atoms with Gasteiger partial charge in [-0.15, -0.1) is 0 Å². The molecule has 0 spiro atoms. The number of nitrogens with one attached hydrogen (secondary N) is 9. The summed E-state index contributed by atoms with van der Waals surface area (Å²) in [4.78, 5) is 154. The van der Waals surface area contributed by atoms with Crippen LogP contribution in [0.15, 0.2) is 59.9 Å². The highest BCUT2D eigenvalue weighted by molar-refractivity contribution is 5.99. The van der Waals surface area contributed by atoms with Gasteiger partial charge in [-0.25, -0.2) is 4.98 Å². The van der Waals surface area contributed by atoms with Crippen molar-refractivity contribution in [1.82, 2.24) is 67.0 Å². The number of methoxy groups -OCH3 is 1. The number of likely N-dealkylation sites (N-methyl/N-ethyl adjacent to an activating group) is 1. The summed E-state index contributed by atoms with van der Waals surface area (Å²) in [5.74, 6) is -12.6. The zero-order valence-corrected chi connectivity index (χ0v) is 53.9. The SMILES string of the molecule is CO[C@@H](CNC(=O)[C@H](NC(=O)[C@H](O)[C@H](C)O)[C@H](O)c1cncn1C)[C@H](O)[C@H](O)C(=O)N(C)[C@@H](Cc1ccccc1)C(=O)N[C@@H](C)C(=O)N[C@H](C(=O)N[C@@H](CO)C(=O)N[C@H](C(=O)N[C@H](C(=O)N[C@@H](CO)C(=O)NCc1cc(=O)c(O)cn1O)C(C)(C)C)C(C)(C)O)C(C)(C)O. The number of aliphatic hydroxyl groups is 9. The molecule has 524 valence electrons. The third-order valence-electron chi connectivity index (χ3n) is 14.7. The summed E-state index contributed by atoms with van der Waals surface area (Å²) in [5, 5.41) is 136. The number of imidazole rings is 1. The van der Waals surface area contributed by atoms with Crippen molar-refractivity contribution >= 4 is 59.1 Å². The molecule has 0 aliphatic carbocycles. The largest absolute Gasteiger partial charge is 0.503 e. The van der Waals surface area contributed by atoms with Crippen molar-refractivity contribution in [2.45, 2.75) is 171 Å². The Labute approximate surface area is 539 Å². The first-order chi connectivity index (χ1) is 43.5.